The summed E-state index contributed by atoms with van der Waals surface area (Å²) >= 11 is 0. The lowest BCUT2D eigenvalue weighted by Gasteiger charge is -2.06. The summed E-state index contributed by atoms with van der Waals surface area (Å²) < 4.78 is 16.8. The Morgan fingerprint density at radius 2 is 1.96 bits per heavy atom. The molecule has 1 amide bonds. The number of nitrogens with zero attached hydrogens (tertiary/aromatic N) is 6. The summed E-state index contributed by atoms with van der Waals surface area (Å²) in [7, 11) is 3.32. The van der Waals surface area contributed by atoms with Crippen LogP contribution in [0.25, 0.3) is 11.0 Å². The van der Waals surface area contributed by atoms with Gasteiger partial charge >= 0.3 is 0 Å². The van der Waals surface area contributed by atoms with Crippen LogP contribution in [0, 0.1) is 19.8 Å². The second kappa shape index (κ2) is 6.26. The number of aromatic nitrogens is 5. The highest BCUT2D eigenvalue weighted by atomic mass is 19.1. The Labute approximate surface area is 155 Å². The number of pyridine rings is 1. The summed E-state index contributed by atoms with van der Waals surface area (Å²) in [6.07, 6.45) is 3.42. The van der Waals surface area contributed by atoms with Crippen molar-refractivity contribution in [2.45, 2.75) is 32.6 Å². The number of hydrogen-bond donors (Lipinski definition) is 1. The van der Waals surface area contributed by atoms with E-state index in [4.69, 9.17) is 0 Å². The summed E-state index contributed by atoms with van der Waals surface area (Å²) in [5.74, 6) is -0.485. The first kappa shape index (κ1) is 17.3. The number of hydrogen-bond acceptors (Lipinski definition) is 5. The summed E-state index contributed by atoms with van der Waals surface area (Å²) in [4.78, 5) is 17.5. The topological polar surface area (TPSA) is 90.0 Å². The molecule has 0 bridgehead atoms. The van der Waals surface area contributed by atoms with Crippen molar-refractivity contribution in [1.82, 2.24) is 30.0 Å². The maximum atomic E-state index is 14.0. The maximum Gasteiger partial charge on any atom is 0.272 e. The van der Waals surface area contributed by atoms with Gasteiger partial charge in [0.15, 0.2) is 5.65 Å². The molecule has 1 aliphatic rings. The standard InChI is InChI=1S/C18H20FN7O/c1-9-13(16(19)25(3)23-9)8-20-22-18(27)12-7-14(11-5-6-11)21-17-15(12)10(2)24-26(17)4/h7-8,11H,5-6H2,1-4H3,(H,22,27)/b20-8-. The molecule has 1 aliphatic carbocycles. The molecule has 0 aromatic carbocycles. The van der Waals surface area contributed by atoms with Crippen LogP contribution in [0.2, 0.25) is 0 Å². The number of halogens is 1. The van der Waals surface area contributed by atoms with Crippen molar-refractivity contribution in [2.75, 3.05) is 0 Å². The number of hydrazone groups is 1. The summed E-state index contributed by atoms with van der Waals surface area (Å²) in [5.41, 5.74) is 6.02. The minimum atomic E-state index is -0.504. The van der Waals surface area contributed by atoms with Crippen LogP contribution >= 0.6 is 0 Å². The number of aryl methyl sites for hydroxylation is 4. The molecule has 140 valence electrons. The third-order valence-electron chi connectivity index (χ3n) is 4.78. The first-order valence-corrected chi connectivity index (χ1v) is 8.73. The van der Waals surface area contributed by atoms with E-state index in [0.717, 1.165) is 28.9 Å². The molecule has 1 N–H and O–H groups in total. The van der Waals surface area contributed by atoms with Crippen molar-refractivity contribution >= 4 is 23.2 Å². The first-order chi connectivity index (χ1) is 12.9. The minimum absolute atomic E-state index is 0.244. The molecule has 3 heterocycles. The van der Waals surface area contributed by atoms with Gasteiger partial charge in [0, 0.05) is 25.7 Å². The predicted molar refractivity (Wildman–Crippen MR) is 98.2 cm³/mol. The van der Waals surface area contributed by atoms with Crippen LogP contribution < -0.4 is 5.43 Å². The van der Waals surface area contributed by atoms with Crippen molar-refractivity contribution in [3.63, 3.8) is 0 Å². The van der Waals surface area contributed by atoms with Crippen molar-refractivity contribution in [2.24, 2.45) is 19.2 Å². The first-order valence-electron chi connectivity index (χ1n) is 8.73. The Balaban J connectivity index is 1.67. The van der Waals surface area contributed by atoms with E-state index in [1.165, 1.54) is 13.3 Å². The van der Waals surface area contributed by atoms with Crippen LogP contribution in [0.15, 0.2) is 11.2 Å². The van der Waals surface area contributed by atoms with Crippen molar-refractivity contribution in [3.8, 4) is 0 Å². The van der Waals surface area contributed by atoms with Crippen LogP contribution in [0.4, 0.5) is 4.39 Å². The van der Waals surface area contributed by atoms with E-state index in [0.29, 0.717) is 28.2 Å². The average molecular weight is 369 g/mol. The van der Waals surface area contributed by atoms with Crippen molar-refractivity contribution in [1.29, 1.82) is 0 Å². The SMILES string of the molecule is Cc1nn(C)c(F)c1/C=N\NC(=O)c1cc(C2CC2)nc2c1c(C)nn2C. The van der Waals surface area contributed by atoms with E-state index < -0.39 is 5.95 Å². The fraction of sp³-hybridized carbons (Fsp3) is 0.389. The zero-order valence-corrected chi connectivity index (χ0v) is 15.6. The third kappa shape index (κ3) is 2.98. The van der Waals surface area contributed by atoms with Gasteiger partial charge in [-0.1, -0.05) is 0 Å². The second-order valence-electron chi connectivity index (χ2n) is 6.89. The Morgan fingerprint density at radius 3 is 2.59 bits per heavy atom. The van der Waals surface area contributed by atoms with E-state index in [1.807, 2.05) is 20.0 Å². The Kier molecular flexibility index (Phi) is 4.01. The predicted octanol–water partition coefficient (Wildman–Crippen LogP) is 2.10. The molecule has 1 fully saturated rings. The molecule has 0 radical (unpaired) electrons. The van der Waals surface area contributed by atoms with Crippen LogP contribution in [-0.4, -0.2) is 36.7 Å². The molecule has 8 nitrogen and oxygen atoms in total. The van der Waals surface area contributed by atoms with Gasteiger partial charge in [-0.15, -0.1) is 0 Å². The van der Waals surface area contributed by atoms with Gasteiger partial charge in [0.2, 0.25) is 5.95 Å². The van der Waals surface area contributed by atoms with E-state index in [1.54, 1.807) is 11.6 Å². The summed E-state index contributed by atoms with van der Waals surface area (Å²) in [6, 6.07) is 1.81. The van der Waals surface area contributed by atoms with Crippen molar-refractivity contribution < 1.29 is 9.18 Å². The minimum Gasteiger partial charge on any atom is -0.267 e. The smallest absolute Gasteiger partial charge is 0.267 e. The second-order valence-corrected chi connectivity index (χ2v) is 6.89. The van der Waals surface area contributed by atoms with Gasteiger partial charge in [0.1, 0.15) is 0 Å². The zero-order valence-electron chi connectivity index (χ0n) is 15.6. The number of rotatable bonds is 4. The molecular formula is C18H20FN7O. The van der Waals surface area contributed by atoms with Gasteiger partial charge in [-0.25, -0.2) is 15.1 Å². The number of fused-ring (bicyclic) bond motifs is 1. The Bertz CT molecular complexity index is 1090. The molecule has 0 saturated heterocycles. The lowest BCUT2D eigenvalue weighted by Crippen LogP contribution is -2.19. The van der Waals surface area contributed by atoms with Crippen LogP contribution in [0.5, 0.6) is 0 Å². The Morgan fingerprint density at radius 1 is 1.26 bits per heavy atom. The monoisotopic (exact) mass is 369 g/mol. The summed E-state index contributed by atoms with van der Waals surface area (Å²) in [5, 5.41) is 13.0. The molecular weight excluding hydrogens is 349 g/mol. The Hall–Kier alpha value is -3.10. The highest BCUT2D eigenvalue weighted by Gasteiger charge is 2.28. The van der Waals surface area contributed by atoms with Crippen LogP contribution in [0.3, 0.4) is 0 Å². The molecule has 27 heavy (non-hydrogen) atoms. The molecule has 0 atom stereocenters. The van der Waals surface area contributed by atoms with E-state index >= 15 is 0 Å². The fourth-order valence-electron chi connectivity index (χ4n) is 3.24. The van der Waals surface area contributed by atoms with Gasteiger partial charge in [-0.05, 0) is 32.8 Å². The normalized spacial score (nSPS) is 14.4. The highest BCUT2D eigenvalue weighted by molar-refractivity contribution is 6.06. The quantitative estimate of drug-likeness (QED) is 0.563. The fourth-order valence-corrected chi connectivity index (χ4v) is 3.24. The highest BCUT2D eigenvalue weighted by Crippen LogP contribution is 2.40. The zero-order chi connectivity index (χ0) is 19.3. The number of carbonyl (C=O) groups is 1. The molecule has 0 aliphatic heterocycles. The maximum absolute atomic E-state index is 14.0. The van der Waals surface area contributed by atoms with E-state index in [9.17, 15) is 9.18 Å². The number of amides is 1. The largest absolute Gasteiger partial charge is 0.272 e. The average Bonchev–Trinajstić information content (AvgIpc) is 3.39. The van der Waals surface area contributed by atoms with Crippen LogP contribution in [-0.2, 0) is 14.1 Å². The number of nitrogens with one attached hydrogen (secondary N) is 1. The van der Waals surface area contributed by atoms with Crippen molar-refractivity contribution in [3.05, 3.63) is 40.2 Å². The molecule has 3 aromatic rings. The van der Waals surface area contributed by atoms with Gasteiger partial charge in [-0.2, -0.15) is 19.7 Å². The lowest BCUT2D eigenvalue weighted by atomic mass is 10.1. The molecule has 0 unspecified atom stereocenters. The van der Waals surface area contributed by atoms with Gasteiger partial charge in [-0.3, -0.25) is 9.48 Å². The lowest BCUT2D eigenvalue weighted by molar-refractivity contribution is 0.0956. The summed E-state index contributed by atoms with van der Waals surface area (Å²) in [6.45, 7) is 3.52. The molecule has 3 aromatic heterocycles. The number of carbonyl (C=O) groups excluding carboxylic acids is 1. The molecule has 9 heteroatoms. The third-order valence-corrected chi connectivity index (χ3v) is 4.78. The molecule has 4 rings (SSSR count). The molecule has 1 saturated carbocycles. The van der Waals surface area contributed by atoms with E-state index in [-0.39, 0.29) is 11.5 Å². The van der Waals surface area contributed by atoms with Gasteiger partial charge in [0.25, 0.3) is 5.91 Å². The molecule has 0 spiro atoms. The van der Waals surface area contributed by atoms with Gasteiger partial charge < -0.3 is 0 Å². The van der Waals surface area contributed by atoms with E-state index in [2.05, 4.69) is 25.7 Å². The van der Waals surface area contributed by atoms with Gasteiger partial charge in [0.05, 0.1) is 34.1 Å². The van der Waals surface area contributed by atoms with Crippen LogP contribution in [0.1, 0.15) is 51.8 Å².